The van der Waals surface area contributed by atoms with Gasteiger partial charge in [-0.2, -0.15) is 4.39 Å². The molecule has 96 valence electrons. The molecular formula is C12H12FNO2S2. The standard InChI is InChI=1S/C12H12FNO2S2/c1-8-3-4-10(9(2)7-8)14-18(15,16)12-6-5-11(13)17-12/h3-7,14H,1-2H3. The van der Waals surface area contributed by atoms with E-state index >= 15 is 0 Å². The molecule has 0 aliphatic heterocycles. The fourth-order valence-electron chi connectivity index (χ4n) is 1.57. The Hall–Kier alpha value is -1.40. The summed E-state index contributed by atoms with van der Waals surface area (Å²) in [5.41, 5.74) is 2.39. The maximum atomic E-state index is 12.9. The molecule has 1 aromatic carbocycles. The molecule has 0 fully saturated rings. The van der Waals surface area contributed by atoms with E-state index in [2.05, 4.69) is 4.72 Å². The van der Waals surface area contributed by atoms with E-state index in [9.17, 15) is 12.8 Å². The van der Waals surface area contributed by atoms with Crippen LogP contribution in [0.5, 0.6) is 0 Å². The molecule has 0 saturated carbocycles. The molecule has 0 aliphatic carbocycles. The van der Waals surface area contributed by atoms with Crippen molar-refractivity contribution in [3.8, 4) is 0 Å². The molecule has 1 heterocycles. The second-order valence-electron chi connectivity index (χ2n) is 3.98. The third kappa shape index (κ3) is 2.70. The smallest absolute Gasteiger partial charge is 0.271 e. The minimum atomic E-state index is -3.70. The number of aryl methyl sites for hydroxylation is 2. The van der Waals surface area contributed by atoms with E-state index in [0.29, 0.717) is 17.0 Å². The van der Waals surface area contributed by atoms with Crippen molar-refractivity contribution in [3.63, 3.8) is 0 Å². The number of nitrogens with one attached hydrogen (secondary N) is 1. The summed E-state index contributed by atoms with van der Waals surface area (Å²) >= 11 is 0.606. The Balaban J connectivity index is 2.33. The highest BCUT2D eigenvalue weighted by atomic mass is 32.2. The Morgan fingerprint density at radius 1 is 1.17 bits per heavy atom. The molecule has 18 heavy (non-hydrogen) atoms. The zero-order valence-corrected chi connectivity index (χ0v) is 11.5. The summed E-state index contributed by atoms with van der Waals surface area (Å²) in [4.78, 5) is 0. The van der Waals surface area contributed by atoms with Crippen LogP contribution >= 0.6 is 11.3 Å². The zero-order valence-electron chi connectivity index (χ0n) is 9.90. The minimum absolute atomic E-state index is 0.0278. The molecule has 6 heteroatoms. The molecule has 0 aliphatic rings. The van der Waals surface area contributed by atoms with Crippen molar-refractivity contribution in [2.24, 2.45) is 0 Å². The molecule has 1 aromatic heterocycles. The van der Waals surface area contributed by atoms with Gasteiger partial charge in [0.1, 0.15) is 4.21 Å². The van der Waals surface area contributed by atoms with E-state index in [-0.39, 0.29) is 4.21 Å². The van der Waals surface area contributed by atoms with Crippen molar-refractivity contribution >= 4 is 27.0 Å². The van der Waals surface area contributed by atoms with Crippen LogP contribution in [-0.2, 0) is 10.0 Å². The SMILES string of the molecule is Cc1ccc(NS(=O)(=O)c2ccc(F)s2)c(C)c1. The lowest BCUT2D eigenvalue weighted by Gasteiger charge is -2.09. The van der Waals surface area contributed by atoms with E-state index in [0.717, 1.165) is 17.2 Å². The monoisotopic (exact) mass is 285 g/mol. The van der Waals surface area contributed by atoms with Crippen molar-refractivity contribution in [2.75, 3.05) is 4.72 Å². The van der Waals surface area contributed by atoms with E-state index in [4.69, 9.17) is 0 Å². The first-order valence-corrected chi connectivity index (χ1v) is 7.54. The normalized spacial score (nSPS) is 11.5. The summed E-state index contributed by atoms with van der Waals surface area (Å²) in [7, 11) is -3.70. The van der Waals surface area contributed by atoms with Crippen LogP contribution in [-0.4, -0.2) is 8.42 Å². The zero-order chi connectivity index (χ0) is 13.3. The van der Waals surface area contributed by atoms with Crippen molar-refractivity contribution in [2.45, 2.75) is 18.1 Å². The molecule has 0 spiro atoms. The quantitative estimate of drug-likeness (QED) is 0.940. The number of anilines is 1. The Labute approximate surface area is 109 Å². The molecule has 2 aromatic rings. The Morgan fingerprint density at radius 2 is 1.89 bits per heavy atom. The summed E-state index contributed by atoms with van der Waals surface area (Å²) in [6, 6.07) is 7.80. The van der Waals surface area contributed by atoms with Gasteiger partial charge in [-0.1, -0.05) is 29.0 Å². The van der Waals surface area contributed by atoms with Gasteiger partial charge < -0.3 is 0 Å². The highest BCUT2D eigenvalue weighted by Gasteiger charge is 2.17. The summed E-state index contributed by atoms with van der Waals surface area (Å²) in [5, 5.41) is -0.518. The van der Waals surface area contributed by atoms with Gasteiger partial charge in [0.05, 0.1) is 5.69 Å². The predicted octanol–water partition coefficient (Wildman–Crippen LogP) is 3.30. The minimum Gasteiger partial charge on any atom is -0.279 e. The van der Waals surface area contributed by atoms with Gasteiger partial charge in [0.2, 0.25) is 0 Å². The molecule has 0 amide bonds. The van der Waals surface area contributed by atoms with Gasteiger partial charge in [-0.15, -0.1) is 0 Å². The lowest BCUT2D eigenvalue weighted by molar-refractivity contribution is 0.603. The van der Waals surface area contributed by atoms with Crippen LogP contribution in [0.1, 0.15) is 11.1 Å². The van der Waals surface area contributed by atoms with Gasteiger partial charge in [0.15, 0.2) is 5.13 Å². The van der Waals surface area contributed by atoms with Crippen LogP contribution in [0.3, 0.4) is 0 Å². The first-order valence-electron chi connectivity index (χ1n) is 5.24. The first kappa shape index (κ1) is 13.0. The number of thiophene rings is 1. The summed E-state index contributed by atoms with van der Waals surface area (Å²) in [6.45, 7) is 3.75. The summed E-state index contributed by atoms with van der Waals surface area (Å²) in [5.74, 6) is 0. The van der Waals surface area contributed by atoms with Gasteiger partial charge in [-0.05, 0) is 37.6 Å². The molecule has 2 rings (SSSR count). The van der Waals surface area contributed by atoms with E-state index < -0.39 is 15.2 Å². The van der Waals surface area contributed by atoms with E-state index in [1.807, 2.05) is 26.0 Å². The molecule has 3 nitrogen and oxygen atoms in total. The van der Waals surface area contributed by atoms with Crippen LogP contribution in [0.2, 0.25) is 0 Å². The average molecular weight is 285 g/mol. The van der Waals surface area contributed by atoms with Gasteiger partial charge in [0.25, 0.3) is 10.0 Å². The number of sulfonamides is 1. The number of benzene rings is 1. The second kappa shape index (κ2) is 4.70. The number of hydrogen-bond donors (Lipinski definition) is 1. The average Bonchev–Trinajstić information content (AvgIpc) is 2.70. The maximum absolute atomic E-state index is 12.9. The number of halogens is 1. The van der Waals surface area contributed by atoms with Gasteiger partial charge in [0, 0.05) is 0 Å². The molecule has 0 bridgehead atoms. The second-order valence-corrected chi connectivity index (χ2v) is 6.93. The predicted molar refractivity (Wildman–Crippen MR) is 71.0 cm³/mol. The molecule has 0 atom stereocenters. The fraction of sp³-hybridized carbons (Fsp3) is 0.167. The van der Waals surface area contributed by atoms with Crippen molar-refractivity contribution < 1.29 is 12.8 Å². The van der Waals surface area contributed by atoms with Gasteiger partial charge >= 0.3 is 0 Å². The molecule has 0 saturated heterocycles. The first-order chi connectivity index (χ1) is 8.38. The molecule has 0 unspecified atom stereocenters. The van der Waals surface area contributed by atoms with Crippen molar-refractivity contribution in [3.05, 3.63) is 46.6 Å². The third-order valence-electron chi connectivity index (χ3n) is 2.44. The van der Waals surface area contributed by atoms with E-state index in [1.54, 1.807) is 6.07 Å². The lowest BCUT2D eigenvalue weighted by Crippen LogP contribution is -2.12. The van der Waals surface area contributed by atoms with Crippen molar-refractivity contribution in [1.29, 1.82) is 0 Å². The van der Waals surface area contributed by atoms with Crippen LogP contribution in [0.25, 0.3) is 0 Å². The Morgan fingerprint density at radius 3 is 2.44 bits per heavy atom. The molecule has 0 radical (unpaired) electrons. The maximum Gasteiger partial charge on any atom is 0.271 e. The van der Waals surface area contributed by atoms with Gasteiger partial charge in [-0.3, -0.25) is 4.72 Å². The molecular weight excluding hydrogens is 273 g/mol. The summed E-state index contributed by atoms with van der Waals surface area (Å²) < 4.78 is 39.3. The Kier molecular flexibility index (Phi) is 3.41. The topological polar surface area (TPSA) is 46.2 Å². The van der Waals surface area contributed by atoms with Crippen LogP contribution < -0.4 is 4.72 Å². The van der Waals surface area contributed by atoms with Gasteiger partial charge in [-0.25, -0.2) is 8.42 Å². The van der Waals surface area contributed by atoms with Crippen LogP contribution in [0.15, 0.2) is 34.5 Å². The van der Waals surface area contributed by atoms with Crippen LogP contribution in [0, 0.1) is 19.0 Å². The largest absolute Gasteiger partial charge is 0.279 e. The fourth-order valence-corrected chi connectivity index (χ4v) is 3.70. The van der Waals surface area contributed by atoms with Crippen molar-refractivity contribution in [1.82, 2.24) is 0 Å². The third-order valence-corrected chi connectivity index (χ3v) is 5.17. The number of hydrogen-bond acceptors (Lipinski definition) is 3. The lowest BCUT2D eigenvalue weighted by atomic mass is 10.1. The van der Waals surface area contributed by atoms with Crippen LogP contribution in [0.4, 0.5) is 10.1 Å². The molecule has 1 N–H and O–H groups in total. The highest BCUT2D eigenvalue weighted by Crippen LogP contribution is 2.24. The summed E-state index contributed by atoms with van der Waals surface area (Å²) in [6.07, 6.45) is 0. The Bertz CT molecular complexity index is 677. The highest BCUT2D eigenvalue weighted by molar-refractivity contribution is 7.94. The van der Waals surface area contributed by atoms with E-state index in [1.165, 1.54) is 6.07 Å². The number of rotatable bonds is 3.